The van der Waals surface area contributed by atoms with E-state index in [0.29, 0.717) is 12.0 Å². The van der Waals surface area contributed by atoms with Gasteiger partial charge < -0.3 is 16.0 Å². The SMILES string of the molecule is CCCC(N)C(C)CN1CCNCC1. The van der Waals surface area contributed by atoms with E-state index in [4.69, 9.17) is 5.73 Å². The molecule has 2 unspecified atom stereocenters. The Morgan fingerprint density at radius 1 is 1.36 bits per heavy atom. The highest BCUT2D eigenvalue weighted by Gasteiger charge is 2.17. The van der Waals surface area contributed by atoms with Gasteiger partial charge in [0, 0.05) is 38.8 Å². The number of hydrogen-bond acceptors (Lipinski definition) is 3. The van der Waals surface area contributed by atoms with Crippen LogP contribution in [0.5, 0.6) is 0 Å². The Hall–Kier alpha value is -0.120. The normalized spacial score (nSPS) is 23.4. The molecule has 2 atom stereocenters. The first-order valence-corrected chi connectivity index (χ1v) is 5.92. The standard InChI is InChI=1S/C11H25N3/c1-3-4-11(12)10(2)9-14-7-5-13-6-8-14/h10-11,13H,3-9,12H2,1-2H3. The molecule has 0 saturated carbocycles. The van der Waals surface area contributed by atoms with Crippen molar-refractivity contribution in [1.29, 1.82) is 0 Å². The lowest BCUT2D eigenvalue weighted by Gasteiger charge is -2.31. The molecule has 1 aliphatic rings. The summed E-state index contributed by atoms with van der Waals surface area (Å²) in [6.07, 6.45) is 2.36. The van der Waals surface area contributed by atoms with E-state index < -0.39 is 0 Å². The van der Waals surface area contributed by atoms with Gasteiger partial charge in [0.2, 0.25) is 0 Å². The van der Waals surface area contributed by atoms with E-state index in [2.05, 4.69) is 24.1 Å². The number of hydrogen-bond donors (Lipinski definition) is 2. The molecule has 3 N–H and O–H groups in total. The number of nitrogens with two attached hydrogens (primary N) is 1. The second kappa shape index (κ2) is 6.38. The van der Waals surface area contributed by atoms with Crippen LogP contribution >= 0.6 is 0 Å². The molecule has 3 nitrogen and oxygen atoms in total. The van der Waals surface area contributed by atoms with Crippen molar-refractivity contribution in [3.05, 3.63) is 0 Å². The second-order valence-electron chi connectivity index (χ2n) is 4.48. The summed E-state index contributed by atoms with van der Waals surface area (Å²) in [5.41, 5.74) is 6.10. The fraction of sp³-hybridized carbons (Fsp3) is 1.00. The minimum Gasteiger partial charge on any atom is -0.327 e. The van der Waals surface area contributed by atoms with Crippen molar-refractivity contribution in [1.82, 2.24) is 10.2 Å². The van der Waals surface area contributed by atoms with Gasteiger partial charge in [-0.15, -0.1) is 0 Å². The summed E-state index contributed by atoms with van der Waals surface area (Å²) in [6, 6.07) is 0.384. The molecule has 0 radical (unpaired) electrons. The van der Waals surface area contributed by atoms with Crippen molar-refractivity contribution in [2.45, 2.75) is 32.7 Å². The molecule has 0 spiro atoms. The Balaban J connectivity index is 2.20. The van der Waals surface area contributed by atoms with E-state index in [0.717, 1.165) is 19.5 Å². The fourth-order valence-corrected chi connectivity index (χ4v) is 2.05. The topological polar surface area (TPSA) is 41.3 Å². The molecular weight excluding hydrogens is 174 g/mol. The van der Waals surface area contributed by atoms with Crippen LogP contribution in [-0.4, -0.2) is 43.7 Å². The van der Waals surface area contributed by atoms with Crippen LogP contribution in [0.4, 0.5) is 0 Å². The van der Waals surface area contributed by atoms with E-state index in [-0.39, 0.29) is 0 Å². The molecule has 1 fully saturated rings. The van der Waals surface area contributed by atoms with Crippen molar-refractivity contribution in [3.8, 4) is 0 Å². The lowest BCUT2D eigenvalue weighted by atomic mass is 9.98. The van der Waals surface area contributed by atoms with E-state index in [1.165, 1.54) is 26.1 Å². The van der Waals surface area contributed by atoms with Crippen LogP contribution in [0.2, 0.25) is 0 Å². The zero-order valence-corrected chi connectivity index (χ0v) is 9.63. The van der Waals surface area contributed by atoms with Gasteiger partial charge in [0.05, 0.1) is 0 Å². The Kier molecular flexibility index (Phi) is 5.45. The molecular formula is C11H25N3. The van der Waals surface area contributed by atoms with Crippen LogP contribution < -0.4 is 11.1 Å². The van der Waals surface area contributed by atoms with Crippen LogP contribution in [0.15, 0.2) is 0 Å². The van der Waals surface area contributed by atoms with Gasteiger partial charge in [-0.1, -0.05) is 20.3 Å². The third kappa shape index (κ3) is 3.95. The molecule has 1 rings (SSSR count). The maximum absolute atomic E-state index is 6.10. The largest absolute Gasteiger partial charge is 0.327 e. The number of rotatable bonds is 5. The highest BCUT2D eigenvalue weighted by Crippen LogP contribution is 2.09. The van der Waals surface area contributed by atoms with Crippen molar-refractivity contribution in [3.63, 3.8) is 0 Å². The first-order valence-electron chi connectivity index (χ1n) is 5.92. The summed E-state index contributed by atoms with van der Waals surface area (Å²) >= 11 is 0. The van der Waals surface area contributed by atoms with Gasteiger partial charge in [0.25, 0.3) is 0 Å². The molecule has 1 aliphatic heterocycles. The quantitative estimate of drug-likeness (QED) is 0.683. The van der Waals surface area contributed by atoms with Crippen LogP contribution in [0.25, 0.3) is 0 Å². The van der Waals surface area contributed by atoms with Crippen molar-refractivity contribution >= 4 is 0 Å². The second-order valence-corrected chi connectivity index (χ2v) is 4.48. The van der Waals surface area contributed by atoms with Gasteiger partial charge >= 0.3 is 0 Å². The third-order valence-corrected chi connectivity index (χ3v) is 3.11. The minimum absolute atomic E-state index is 0.384. The van der Waals surface area contributed by atoms with Gasteiger partial charge in [-0.2, -0.15) is 0 Å². The molecule has 84 valence electrons. The first kappa shape index (κ1) is 12.0. The van der Waals surface area contributed by atoms with Gasteiger partial charge in [-0.05, 0) is 12.3 Å². The summed E-state index contributed by atoms with van der Waals surface area (Å²) in [4.78, 5) is 2.52. The predicted molar refractivity (Wildman–Crippen MR) is 61.4 cm³/mol. The monoisotopic (exact) mass is 199 g/mol. The zero-order valence-electron chi connectivity index (χ0n) is 9.63. The van der Waals surface area contributed by atoms with Crippen molar-refractivity contribution in [2.24, 2.45) is 11.7 Å². The van der Waals surface area contributed by atoms with Crippen LogP contribution in [0.1, 0.15) is 26.7 Å². The number of nitrogens with zero attached hydrogens (tertiary/aromatic N) is 1. The highest BCUT2D eigenvalue weighted by atomic mass is 15.2. The maximum Gasteiger partial charge on any atom is 0.0107 e. The van der Waals surface area contributed by atoms with E-state index >= 15 is 0 Å². The zero-order chi connectivity index (χ0) is 10.4. The molecule has 1 heterocycles. The molecule has 1 saturated heterocycles. The van der Waals surface area contributed by atoms with E-state index in [1.54, 1.807) is 0 Å². The Bertz CT molecular complexity index is 143. The number of nitrogens with one attached hydrogen (secondary N) is 1. The Morgan fingerprint density at radius 2 is 2.00 bits per heavy atom. The summed E-state index contributed by atoms with van der Waals surface area (Å²) in [7, 11) is 0. The summed E-state index contributed by atoms with van der Waals surface area (Å²) < 4.78 is 0. The van der Waals surface area contributed by atoms with Gasteiger partial charge in [0.15, 0.2) is 0 Å². The van der Waals surface area contributed by atoms with E-state index in [9.17, 15) is 0 Å². The smallest absolute Gasteiger partial charge is 0.0107 e. The van der Waals surface area contributed by atoms with Crippen LogP contribution in [-0.2, 0) is 0 Å². The van der Waals surface area contributed by atoms with Gasteiger partial charge in [-0.3, -0.25) is 0 Å². The highest BCUT2D eigenvalue weighted by molar-refractivity contribution is 4.75. The predicted octanol–water partition coefficient (Wildman–Crippen LogP) is 0.655. The average Bonchev–Trinajstić information content (AvgIpc) is 2.19. The molecule has 14 heavy (non-hydrogen) atoms. The molecule has 0 aliphatic carbocycles. The van der Waals surface area contributed by atoms with Gasteiger partial charge in [0.1, 0.15) is 0 Å². The Morgan fingerprint density at radius 3 is 2.57 bits per heavy atom. The molecule has 0 aromatic heterocycles. The molecule has 0 aromatic carbocycles. The lowest BCUT2D eigenvalue weighted by molar-refractivity contribution is 0.196. The fourth-order valence-electron chi connectivity index (χ4n) is 2.05. The van der Waals surface area contributed by atoms with Crippen molar-refractivity contribution in [2.75, 3.05) is 32.7 Å². The molecule has 0 aromatic rings. The lowest BCUT2D eigenvalue weighted by Crippen LogP contribution is -2.47. The van der Waals surface area contributed by atoms with Crippen molar-refractivity contribution < 1.29 is 0 Å². The molecule has 0 bridgehead atoms. The molecule has 0 amide bonds. The van der Waals surface area contributed by atoms with Crippen LogP contribution in [0, 0.1) is 5.92 Å². The number of piperazine rings is 1. The molecule has 3 heteroatoms. The maximum atomic E-state index is 6.10. The third-order valence-electron chi connectivity index (χ3n) is 3.11. The summed E-state index contributed by atoms with van der Waals surface area (Å²) in [5, 5.41) is 3.37. The summed E-state index contributed by atoms with van der Waals surface area (Å²) in [5.74, 6) is 0.632. The average molecular weight is 199 g/mol. The van der Waals surface area contributed by atoms with E-state index in [1.807, 2.05) is 0 Å². The first-order chi connectivity index (χ1) is 6.74. The Labute approximate surface area is 88.0 Å². The minimum atomic E-state index is 0.384. The van der Waals surface area contributed by atoms with Gasteiger partial charge in [-0.25, -0.2) is 0 Å². The van der Waals surface area contributed by atoms with Crippen LogP contribution in [0.3, 0.4) is 0 Å². The summed E-state index contributed by atoms with van der Waals surface area (Å²) in [6.45, 7) is 10.3.